The number of nitrogens with zero attached hydrogens (tertiary/aromatic N) is 1. The van der Waals surface area contributed by atoms with Crippen LogP contribution in [0.25, 0.3) is 0 Å². The molecule has 0 unspecified atom stereocenters. The fourth-order valence-corrected chi connectivity index (χ4v) is 2.87. The monoisotopic (exact) mass is 355 g/mol. The van der Waals surface area contributed by atoms with Crippen LogP contribution in [0.3, 0.4) is 0 Å². The molecule has 8 heteroatoms. The third-order valence-electron chi connectivity index (χ3n) is 3.17. The zero-order chi connectivity index (χ0) is 13.8. The number of hydrogen-bond acceptors (Lipinski definition) is 5. The first-order valence-electron chi connectivity index (χ1n) is 6.65. The minimum Gasteiger partial charge on any atom is -0.375 e. The molecule has 1 aliphatic heterocycles. The minimum atomic E-state index is -0.265. The van der Waals surface area contributed by atoms with E-state index in [1.54, 1.807) is 11.3 Å². The van der Waals surface area contributed by atoms with E-state index in [2.05, 4.69) is 34.8 Å². The third-order valence-corrected chi connectivity index (χ3v) is 4.04. The summed E-state index contributed by atoms with van der Waals surface area (Å²) in [6.45, 7) is 8.01. The van der Waals surface area contributed by atoms with Gasteiger partial charge in [0.25, 0.3) is 0 Å². The predicted octanol–water partition coefficient (Wildman–Crippen LogP) is 2.10. The van der Waals surface area contributed by atoms with E-state index in [1.807, 2.05) is 6.92 Å². The Morgan fingerprint density at radius 2 is 2.29 bits per heavy atom. The molecule has 2 N–H and O–H groups in total. The lowest BCUT2D eigenvalue weighted by atomic mass is 10.1. The number of morpholine rings is 1. The molecule has 21 heavy (non-hydrogen) atoms. The maximum absolute atomic E-state index is 12.0. The Kier molecular flexibility index (Phi) is 9.40. The van der Waals surface area contributed by atoms with E-state index in [-0.39, 0.29) is 42.9 Å². The predicted molar refractivity (Wildman–Crippen MR) is 89.8 cm³/mol. The summed E-state index contributed by atoms with van der Waals surface area (Å²) in [5, 5.41) is 9.09. The number of amides is 1. The Morgan fingerprint density at radius 1 is 1.57 bits per heavy atom. The lowest BCUT2D eigenvalue weighted by Gasteiger charge is -2.29. The molecule has 0 spiro atoms. The molecular weight excluding hydrogens is 333 g/mol. The Labute approximate surface area is 142 Å². The molecule has 2 atom stereocenters. The number of carbonyl (C=O) groups excluding carboxylic acids is 1. The Hall–Kier alpha value is -0.400. The van der Waals surface area contributed by atoms with Crippen molar-refractivity contribution < 1.29 is 9.53 Å². The molecule has 0 aliphatic carbocycles. The Morgan fingerprint density at radius 3 is 2.86 bits per heavy atom. The molecule has 1 amide bonds. The van der Waals surface area contributed by atoms with Crippen LogP contribution in [0, 0.1) is 0 Å². The fraction of sp³-hybridized carbons (Fsp3) is 0.692. The zero-order valence-electron chi connectivity index (χ0n) is 12.4. The van der Waals surface area contributed by atoms with Gasteiger partial charge in [0.15, 0.2) is 0 Å². The number of ether oxygens (including phenoxy) is 1. The van der Waals surface area contributed by atoms with Gasteiger partial charge in [-0.1, -0.05) is 13.8 Å². The third kappa shape index (κ3) is 5.71. The second kappa shape index (κ2) is 9.58. The van der Waals surface area contributed by atoms with Crippen molar-refractivity contribution in [1.82, 2.24) is 15.6 Å². The van der Waals surface area contributed by atoms with E-state index in [0.717, 1.165) is 17.2 Å². The molecule has 0 aromatic carbocycles. The van der Waals surface area contributed by atoms with Crippen LogP contribution in [0.2, 0.25) is 0 Å². The molecule has 1 aliphatic rings. The van der Waals surface area contributed by atoms with Crippen LogP contribution < -0.4 is 10.6 Å². The Balaban J connectivity index is 0.00000200. The summed E-state index contributed by atoms with van der Waals surface area (Å²) >= 11 is 1.59. The van der Waals surface area contributed by atoms with Gasteiger partial charge in [-0.15, -0.1) is 36.2 Å². The maximum Gasteiger partial charge on any atom is 0.240 e. The standard InChI is InChI=1S/C13H21N3O2S.2ClH/c1-8(2)10-7-19-11(16-10)6-15-13(17)12-9(3)18-5-4-14-12;;/h7-9,12,14H,4-6H2,1-3H3,(H,15,17);2*1H/t9-,12+;;/m1../s1. The molecular formula is C13H23Cl2N3O2S. The van der Waals surface area contributed by atoms with Crippen molar-refractivity contribution in [2.24, 2.45) is 0 Å². The van der Waals surface area contributed by atoms with Gasteiger partial charge in [-0.25, -0.2) is 4.98 Å². The highest BCUT2D eigenvalue weighted by molar-refractivity contribution is 7.09. The number of rotatable bonds is 4. The van der Waals surface area contributed by atoms with E-state index < -0.39 is 0 Å². The van der Waals surface area contributed by atoms with Crippen LogP contribution in [0.1, 0.15) is 37.4 Å². The van der Waals surface area contributed by atoms with Gasteiger partial charge >= 0.3 is 0 Å². The van der Waals surface area contributed by atoms with Crippen molar-refractivity contribution in [3.05, 3.63) is 16.1 Å². The Bertz CT molecular complexity index is 443. The molecule has 122 valence electrons. The normalized spacial score (nSPS) is 21.3. The van der Waals surface area contributed by atoms with E-state index in [0.29, 0.717) is 19.1 Å². The van der Waals surface area contributed by atoms with Crippen molar-refractivity contribution in [2.45, 2.75) is 45.4 Å². The summed E-state index contributed by atoms with van der Waals surface area (Å²) in [4.78, 5) is 16.5. The van der Waals surface area contributed by atoms with Crippen LogP contribution in [0.4, 0.5) is 0 Å². The first-order valence-corrected chi connectivity index (χ1v) is 7.53. The van der Waals surface area contributed by atoms with Crippen LogP contribution in [-0.4, -0.2) is 36.2 Å². The molecule has 1 fully saturated rings. The minimum absolute atomic E-state index is 0. The highest BCUT2D eigenvalue weighted by Crippen LogP contribution is 2.17. The van der Waals surface area contributed by atoms with Gasteiger partial charge in [-0.3, -0.25) is 4.79 Å². The summed E-state index contributed by atoms with van der Waals surface area (Å²) in [6.07, 6.45) is -0.0868. The highest BCUT2D eigenvalue weighted by atomic mass is 35.5. The van der Waals surface area contributed by atoms with Crippen molar-refractivity contribution in [1.29, 1.82) is 0 Å². The zero-order valence-corrected chi connectivity index (χ0v) is 14.9. The smallest absolute Gasteiger partial charge is 0.240 e. The fourth-order valence-electron chi connectivity index (χ4n) is 1.97. The summed E-state index contributed by atoms with van der Waals surface area (Å²) < 4.78 is 5.46. The van der Waals surface area contributed by atoms with Crippen LogP contribution in [0.15, 0.2) is 5.38 Å². The molecule has 0 radical (unpaired) electrons. The molecule has 2 rings (SSSR count). The number of aromatic nitrogens is 1. The van der Waals surface area contributed by atoms with Gasteiger partial charge in [-0.2, -0.15) is 0 Å². The summed E-state index contributed by atoms with van der Waals surface area (Å²) in [7, 11) is 0. The summed E-state index contributed by atoms with van der Waals surface area (Å²) in [6, 6.07) is -0.265. The van der Waals surface area contributed by atoms with Gasteiger partial charge in [0, 0.05) is 11.9 Å². The second-order valence-electron chi connectivity index (χ2n) is 5.05. The van der Waals surface area contributed by atoms with Gasteiger partial charge in [0.1, 0.15) is 11.0 Å². The number of nitrogens with one attached hydrogen (secondary N) is 2. The van der Waals surface area contributed by atoms with Crippen LogP contribution >= 0.6 is 36.2 Å². The second-order valence-corrected chi connectivity index (χ2v) is 5.99. The van der Waals surface area contributed by atoms with Gasteiger partial charge < -0.3 is 15.4 Å². The number of halogens is 2. The van der Waals surface area contributed by atoms with Crippen molar-refractivity contribution in [3.63, 3.8) is 0 Å². The summed E-state index contributed by atoms with van der Waals surface area (Å²) in [5.74, 6) is 0.405. The van der Waals surface area contributed by atoms with Crippen molar-refractivity contribution >= 4 is 42.1 Å². The lowest BCUT2D eigenvalue weighted by Crippen LogP contribution is -2.55. The molecule has 5 nitrogen and oxygen atoms in total. The highest BCUT2D eigenvalue weighted by Gasteiger charge is 2.28. The van der Waals surface area contributed by atoms with Crippen molar-refractivity contribution in [3.8, 4) is 0 Å². The van der Waals surface area contributed by atoms with Crippen LogP contribution in [0.5, 0.6) is 0 Å². The SMILES string of the molecule is CC(C)c1csc(CNC(=O)[C@H]2NCCO[C@@H]2C)n1.Cl.Cl. The van der Waals surface area contributed by atoms with E-state index in [4.69, 9.17) is 4.74 Å². The number of hydrogen-bond donors (Lipinski definition) is 2. The average Bonchev–Trinajstić information content (AvgIpc) is 2.85. The molecule has 1 aromatic heterocycles. The molecule has 2 heterocycles. The number of thiazole rings is 1. The molecule has 0 saturated carbocycles. The first-order chi connectivity index (χ1) is 9.08. The van der Waals surface area contributed by atoms with Gasteiger partial charge in [-0.05, 0) is 12.8 Å². The van der Waals surface area contributed by atoms with E-state index in [9.17, 15) is 4.79 Å². The topological polar surface area (TPSA) is 63.2 Å². The first kappa shape index (κ1) is 20.6. The number of carbonyl (C=O) groups is 1. The lowest BCUT2D eigenvalue weighted by molar-refractivity contribution is -0.129. The molecule has 1 aromatic rings. The van der Waals surface area contributed by atoms with E-state index >= 15 is 0 Å². The molecule has 0 bridgehead atoms. The van der Waals surface area contributed by atoms with Gasteiger partial charge in [0.2, 0.25) is 5.91 Å². The maximum atomic E-state index is 12.0. The largest absolute Gasteiger partial charge is 0.375 e. The summed E-state index contributed by atoms with van der Waals surface area (Å²) in [5.41, 5.74) is 1.08. The van der Waals surface area contributed by atoms with Gasteiger partial charge in [0.05, 0.1) is 24.9 Å². The van der Waals surface area contributed by atoms with Crippen LogP contribution in [-0.2, 0) is 16.1 Å². The molecule has 1 saturated heterocycles. The quantitative estimate of drug-likeness (QED) is 0.867. The average molecular weight is 356 g/mol. The van der Waals surface area contributed by atoms with Crippen molar-refractivity contribution in [2.75, 3.05) is 13.2 Å². The van der Waals surface area contributed by atoms with E-state index in [1.165, 1.54) is 0 Å².